The van der Waals surface area contributed by atoms with Gasteiger partial charge in [0.05, 0.1) is 6.04 Å². The fourth-order valence-corrected chi connectivity index (χ4v) is 0.811. The zero-order valence-electron chi connectivity index (χ0n) is 5.90. The molecule has 0 saturated heterocycles. The Bertz CT molecular complexity index is 260. The molecule has 0 amide bonds. The highest BCUT2D eigenvalue weighted by Gasteiger charge is 2.02. The molecule has 3 nitrogen and oxygen atoms in total. The van der Waals surface area contributed by atoms with Gasteiger partial charge in [0.15, 0.2) is 0 Å². The van der Waals surface area contributed by atoms with E-state index in [-0.39, 0.29) is 5.75 Å². The average Bonchev–Trinajstić information content (AvgIpc) is 2.03. The number of benzene rings is 1. The lowest BCUT2D eigenvalue weighted by atomic mass is 10.1. The van der Waals surface area contributed by atoms with Crippen LogP contribution in [0.3, 0.4) is 0 Å². The van der Waals surface area contributed by atoms with Crippen LogP contribution >= 0.6 is 0 Å². The van der Waals surface area contributed by atoms with Crippen LogP contribution in [0.4, 0.5) is 0 Å². The molecule has 1 atom stereocenters. The SMILES string of the molecule is NC(C=O)c1cccc(O)c1. The number of carbonyl (C=O) groups excluding carboxylic acids is 1. The van der Waals surface area contributed by atoms with Crippen molar-refractivity contribution < 1.29 is 9.90 Å². The van der Waals surface area contributed by atoms with Crippen LogP contribution in [0.25, 0.3) is 0 Å². The Balaban J connectivity index is 2.95. The Kier molecular flexibility index (Phi) is 2.23. The van der Waals surface area contributed by atoms with Crippen molar-refractivity contribution in [3.05, 3.63) is 29.8 Å². The highest BCUT2D eigenvalue weighted by molar-refractivity contribution is 5.61. The van der Waals surface area contributed by atoms with E-state index >= 15 is 0 Å². The molecule has 1 aromatic rings. The first-order valence-corrected chi connectivity index (χ1v) is 3.24. The number of aromatic hydroxyl groups is 1. The summed E-state index contributed by atoms with van der Waals surface area (Å²) in [6, 6.07) is 5.70. The summed E-state index contributed by atoms with van der Waals surface area (Å²) in [6.07, 6.45) is 0.634. The smallest absolute Gasteiger partial charge is 0.141 e. The Morgan fingerprint density at radius 3 is 2.82 bits per heavy atom. The number of carbonyl (C=O) groups is 1. The van der Waals surface area contributed by atoms with Gasteiger partial charge in [-0.3, -0.25) is 0 Å². The van der Waals surface area contributed by atoms with Gasteiger partial charge in [-0.1, -0.05) is 12.1 Å². The van der Waals surface area contributed by atoms with E-state index in [9.17, 15) is 4.79 Å². The predicted molar refractivity (Wildman–Crippen MR) is 41.1 cm³/mol. The number of hydrogen-bond acceptors (Lipinski definition) is 3. The topological polar surface area (TPSA) is 63.3 Å². The van der Waals surface area contributed by atoms with Crippen molar-refractivity contribution in [3.8, 4) is 5.75 Å². The molecule has 0 fully saturated rings. The van der Waals surface area contributed by atoms with Gasteiger partial charge in [0.1, 0.15) is 12.0 Å². The summed E-state index contributed by atoms with van der Waals surface area (Å²) in [7, 11) is 0. The van der Waals surface area contributed by atoms with Crippen LogP contribution < -0.4 is 5.73 Å². The van der Waals surface area contributed by atoms with Crippen LogP contribution in [0.15, 0.2) is 24.3 Å². The largest absolute Gasteiger partial charge is 0.508 e. The maximum Gasteiger partial charge on any atom is 0.141 e. The number of rotatable bonds is 2. The maximum atomic E-state index is 10.2. The number of hydrogen-bond donors (Lipinski definition) is 2. The Labute approximate surface area is 64.5 Å². The Morgan fingerprint density at radius 2 is 2.27 bits per heavy atom. The second-order valence-electron chi connectivity index (χ2n) is 2.26. The first kappa shape index (κ1) is 7.75. The van der Waals surface area contributed by atoms with E-state index in [1.54, 1.807) is 12.1 Å². The molecule has 1 aromatic carbocycles. The van der Waals surface area contributed by atoms with Crippen molar-refractivity contribution in [2.45, 2.75) is 6.04 Å². The zero-order chi connectivity index (χ0) is 8.27. The number of phenols is 1. The van der Waals surface area contributed by atoms with E-state index in [1.165, 1.54) is 12.1 Å². The zero-order valence-corrected chi connectivity index (χ0v) is 5.90. The van der Waals surface area contributed by atoms with E-state index in [0.29, 0.717) is 11.8 Å². The maximum absolute atomic E-state index is 10.2. The molecule has 1 unspecified atom stereocenters. The van der Waals surface area contributed by atoms with E-state index in [4.69, 9.17) is 10.8 Å². The second-order valence-corrected chi connectivity index (χ2v) is 2.26. The molecule has 0 spiro atoms. The van der Waals surface area contributed by atoms with Gasteiger partial charge < -0.3 is 15.6 Å². The van der Waals surface area contributed by atoms with Crippen LogP contribution in [0.5, 0.6) is 5.75 Å². The van der Waals surface area contributed by atoms with Crippen molar-refractivity contribution in [3.63, 3.8) is 0 Å². The highest BCUT2D eigenvalue weighted by Crippen LogP contribution is 2.14. The third-order valence-electron chi connectivity index (χ3n) is 1.40. The summed E-state index contributed by atoms with van der Waals surface area (Å²) < 4.78 is 0. The lowest BCUT2D eigenvalue weighted by Gasteiger charge is -2.02. The van der Waals surface area contributed by atoms with Gasteiger partial charge in [0.25, 0.3) is 0 Å². The van der Waals surface area contributed by atoms with Gasteiger partial charge in [0.2, 0.25) is 0 Å². The second kappa shape index (κ2) is 3.16. The third kappa shape index (κ3) is 1.78. The van der Waals surface area contributed by atoms with Crippen LogP contribution in [-0.4, -0.2) is 11.4 Å². The van der Waals surface area contributed by atoms with Crippen LogP contribution in [0, 0.1) is 0 Å². The Morgan fingerprint density at radius 1 is 1.55 bits per heavy atom. The molecular weight excluding hydrogens is 142 g/mol. The number of phenolic OH excluding ortho intramolecular Hbond substituents is 1. The summed E-state index contributed by atoms with van der Waals surface area (Å²) in [4.78, 5) is 10.2. The molecule has 11 heavy (non-hydrogen) atoms. The minimum Gasteiger partial charge on any atom is -0.508 e. The predicted octanol–water partition coefficient (Wildman–Crippen LogP) is 0.591. The van der Waals surface area contributed by atoms with E-state index < -0.39 is 6.04 Å². The molecule has 3 heteroatoms. The van der Waals surface area contributed by atoms with Crippen LogP contribution in [-0.2, 0) is 4.79 Å². The van der Waals surface area contributed by atoms with Crippen molar-refractivity contribution in [2.24, 2.45) is 5.73 Å². The highest BCUT2D eigenvalue weighted by atomic mass is 16.3. The van der Waals surface area contributed by atoms with E-state index in [1.807, 2.05) is 0 Å². The van der Waals surface area contributed by atoms with Crippen molar-refractivity contribution in [1.82, 2.24) is 0 Å². The van der Waals surface area contributed by atoms with Gasteiger partial charge >= 0.3 is 0 Å². The van der Waals surface area contributed by atoms with Crippen molar-refractivity contribution in [2.75, 3.05) is 0 Å². The number of nitrogens with two attached hydrogens (primary N) is 1. The molecule has 0 radical (unpaired) electrons. The van der Waals surface area contributed by atoms with Crippen LogP contribution in [0.2, 0.25) is 0 Å². The Hall–Kier alpha value is -1.35. The van der Waals surface area contributed by atoms with Gasteiger partial charge in [-0.15, -0.1) is 0 Å². The van der Waals surface area contributed by atoms with Gasteiger partial charge in [0, 0.05) is 0 Å². The molecule has 0 heterocycles. The fourth-order valence-electron chi connectivity index (χ4n) is 0.811. The first-order valence-electron chi connectivity index (χ1n) is 3.24. The molecule has 0 saturated carbocycles. The first-order chi connectivity index (χ1) is 5.24. The van der Waals surface area contributed by atoms with Gasteiger partial charge in [-0.2, -0.15) is 0 Å². The fraction of sp³-hybridized carbons (Fsp3) is 0.125. The average molecular weight is 151 g/mol. The molecule has 0 bridgehead atoms. The summed E-state index contributed by atoms with van der Waals surface area (Å²) in [5.74, 6) is 0.125. The van der Waals surface area contributed by atoms with Gasteiger partial charge in [-0.05, 0) is 17.7 Å². The van der Waals surface area contributed by atoms with Crippen molar-refractivity contribution >= 4 is 6.29 Å². The number of aldehydes is 1. The summed E-state index contributed by atoms with van der Waals surface area (Å²) in [5.41, 5.74) is 6.01. The summed E-state index contributed by atoms with van der Waals surface area (Å²) in [5, 5.41) is 8.99. The van der Waals surface area contributed by atoms with E-state index in [2.05, 4.69) is 0 Å². The summed E-state index contributed by atoms with van der Waals surface area (Å²) in [6.45, 7) is 0. The monoisotopic (exact) mass is 151 g/mol. The molecule has 0 aliphatic carbocycles. The van der Waals surface area contributed by atoms with Crippen molar-refractivity contribution in [1.29, 1.82) is 0 Å². The third-order valence-corrected chi connectivity index (χ3v) is 1.40. The molecular formula is C8H9NO2. The minimum absolute atomic E-state index is 0.125. The molecule has 0 aliphatic rings. The standard InChI is InChI=1S/C8H9NO2/c9-8(5-10)6-2-1-3-7(11)4-6/h1-5,8,11H,9H2. The molecule has 1 rings (SSSR count). The van der Waals surface area contributed by atoms with Gasteiger partial charge in [-0.25, -0.2) is 0 Å². The molecule has 58 valence electrons. The minimum atomic E-state index is -0.637. The normalized spacial score (nSPS) is 12.5. The quantitative estimate of drug-likeness (QED) is 0.608. The summed E-state index contributed by atoms with van der Waals surface area (Å²) >= 11 is 0. The van der Waals surface area contributed by atoms with E-state index in [0.717, 1.165) is 0 Å². The lowest BCUT2D eigenvalue weighted by Crippen LogP contribution is -2.10. The lowest BCUT2D eigenvalue weighted by molar-refractivity contribution is -0.109. The van der Waals surface area contributed by atoms with Crippen LogP contribution in [0.1, 0.15) is 11.6 Å². The molecule has 0 aromatic heterocycles. The molecule has 0 aliphatic heterocycles. The molecule has 3 N–H and O–H groups in total.